The van der Waals surface area contributed by atoms with E-state index in [1.54, 1.807) is 24.4 Å². The second kappa shape index (κ2) is 14.0. The Kier molecular flexibility index (Phi) is 9.31. The minimum Gasteiger partial charge on any atom is -0.491 e. The van der Waals surface area contributed by atoms with Crippen molar-refractivity contribution >= 4 is 35.1 Å². The zero-order valence-corrected chi connectivity index (χ0v) is 29.3. The van der Waals surface area contributed by atoms with Gasteiger partial charge in [-0.25, -0.2) is 9.97 Å². The van der Waals surface area contributed by atoms with E-state index in [4.69, 9.17) is 9.47 Å². The summed E-state index contributed by atoms with van der Waals surface area (Å²) in [7, 11) is 0. The molecular formula is C40H39N5O7. The average molecular weight is 702 g/mol. The van der Waals surface area contributed by atoms with Crippen LogP contribution in [0.4, 0.5) is 5.69 Å². The molecule has 2 unspecified atom stereocenters. The highest BCUT2D eigenvalue weighted by Crippen LogP contribution is 2.35. The summed E-state index contributed by atoms with van der Waals surface area (Å²) in [5.74, 6) is -0.625. The maximum absolute atomic E-state index is 13.4. The average Bonchev–Trinajstić information content (AvgIpc) is 3.72. The van der Waals surface area contributed by atoms with E-state index in [-0.39, 0.29) is 53.6 Å². The predicted octanol–water partition coefficient (Wildman–Crippen LogP) is 5.03. The lowest BCUT2D eigenvalue weighted by Crippen LogP contribution is -2.54. The van der Waals surface area contributed by atoms with Crippen LogP contribution in [0.15, 0.2) is 79.0 Å². The van der Waals surface area contributed by atoms with Crippen LogP contribution in [0, 0.1) is 0 Å². The standard InChI is InChI=1S/C40H39N5O7/c1-24(46)36-41-19-18-27(42-36)22-51-30-11-6-25(7-12-30)40(2,3)26-8-13-31(14-9-26)52-23-29-5-4-20-44(29)28-10-15-32-33(21-28)39(50)45(38(32)49)34-16-17-35(47)43-37(34)48/h6-15,18-19,21,29,34H,4-5,16-17,20,22-23H2,1-3H3,(H,43,47,48). The molecule has 3 aromatic carbocycles. The van der Waals surface area contributed by atoms with Gasteiger partial charge in [0.05, 0.1) is 22.9 Å². The van der Waals surface area contributed by atoms with E-state index in [2.05, 4.69) is 46.2 Å². The zero-order chi connectivity index (χ0) is 36.6. The number of piperidine rings is 1. The van der Waals surface area contributed by atoms with E-state index in [1.807, 2.05) is 42.5 Å². The third-order valence-electron chi connectivity index (χ3n) is 10.1. The number of hydrogen-bond acceptors (Lipinski definition) is 10. The number of Topliss-reactive ketones (excluding diaryl/α,β-unsaturated/α-hetero) is 1. The number of fused-ring (bicyclic) bond motifs is 1. The topological polar surface area (TPSA) is 148 Å². The Bertz CT molecular complexity index is 2060. The molecule has 12 nitrogen and oxygen atoms in total. The molecule has 1 aromatic heterocycles. The third kappa shape index (κ3) is 6.75. The summed E-state index contributed by atoms with van der Waals surface area (Å²) in [6.45, 7) is 7.22. The van der Waals surface area contributed by atoms with Gasteiger partial charge in [0.1, 0.15) is 30.8 Å². The van der Waals surface area contributed by atoms with Crippen molar-refractivity contribution in [3.8, 4) is 11.5 Å². The Morgan fingerprint density at radius 2 is 1.54 bits per heavy atom. The first-order chi connectivity index (χ1) is 25.0. The molecule has 0 spiro atoms. The van der Waals surface area contributed by atoms with Gasteiger partial charge >= 0.3 is 0 Å². The first-order valence-electron chi connectivity index (χ1n) is 17.4. The molecule has 4 amide bonds. The van der Waals surface area contributed by atoms with E-state index >= 15 is 0 Å². The van der Waals surface area contributed by atoms with Crippen LogP contribution in [-0.4, -0.2) is 69.5 Å². The summed E-state index contributed by atoms with van der Waals surface area (Å²) >= 11 is 0. The maximum Gasteiger partial charge on any atom is 0.262 e. The highest BCUT2D eigenvalue weighted by Gasteiger charge is 2.45. The highest BCUT2D eigenvalue weighted by molar-refractivity contribution is 6.23. The maximum atomic E-state index is 13.4. The van der Waals surface area contributed by atoms with Crippen LogP contribution in [0.25, 0.3) is 0 Å². The molecule has 52 heavy (non-hydrogen) atoms. The third-order valence-corrected chi connectivity index (χ3v) is 10.1. The van der Waals surface area contributed by atoms with Gasteiger partial charge in [-0.3, -0.25) is 34.2 Å². The molecule has 7 rings (SSSR count). The van der Waals surface area contributed by atoms with E-state index in [0.717, 1.165) is 46.9 Å². The molecule has 4 aromatic rings. The Morgan fingerprint density at radius 3 is 2.21 bits per heavy atom. The molecule has 1 N–H and O–H groups in total. The van der Waals surface area contributed by atoms with Crippen molar-refractivity contribution in [2.24, 2.45) is 0 Å². The fourth-order valence-corrected chi connectivity index (χ4v) is 7.08. The van der Waals surface area contributed by atoms with Crippen molar-refractivity contribution < 1.29 is 33.4 Å². The lowest BCUT2D eigenvalue weighted by molar-refractivity contribution is -0.136. The number of anilines is 1. The summed E-state index contributed by atoms with van der Waals surface area (Å²) in [5, 5.41) is 2.23. The predicted molar refractivity (Wildman–Crippen MR) is 190 cm³/mol. The van der Waals surface area contributed by atoms with Crippen molar-refractivity contribution in [1.29, 1.82) is 0 Å². The number of ketones is 1. The number of aromatic nitrogens is 2. The Balaban J connectivity index is 0.961. The van der Waals surface area contributed by atoms with Crippen LogP contribution in [0.1, 0.15) is 94.6 Å². The summed E-state index contributed by atoms with van der Waals surface area (Å²) < 4.78 is 12.2. The highest BCUT2D eigenvalue weighted by atomic mass is 16.5. The van der Waals surface area contributed by atoms with E-state index in [0.29, 0.717) is 18.1 Å². The van der Waals surface area contributed by atoms with Gasteiger partial charge in [-0.05, 0) is 78.9 Å². The summed E-state index contributed by atoms with van der Waals surface area (Å²) in [6, 6.07) is 22.1. The fourth-order valence-electron chi connectivity index (χ4n) is 7.08. The molecule has 4 heterocycles. The van der Waals surface area contributed by atoms with E-state index < -0.39 is 29.7 Å². The van der Waals surface area contributed by atoms with Crippen LogP contribution in [0.3, 0.4) is 0 Å². The molecule has 3 aliphatic rings. The minimum absolute atomic E-state index is 0.0684. The number of nitrogens with one attached hydrogen (secondary N) is 1. The smallest absolute Gasteiger partial charge is 0.262 e. The van der Waals surface area contributed by atoms with Crippen molar-refractivity contribution in [3.63, 3.8) is 0 Å². The molecule has 0 aliphatic carbocycles. The van der Waals surface area contributed by atoms with E-state index in [1.165, 1.54) is 6.92 Å². The SMILES string of the molecule is CC(=O)c1nccc(COc2ccc(C(C)(C)c3ccc(OCC4CCCN4c4ccc5c(c4)C(=O)N(C4CCC(=O)NC4=O)C5=O)cc3)cc2)n1. The largest absolute Gasteiger partial charge is 0.491 e. The zero-order valence-electron chi connectivity index (χ0n) is 29.3. The second-order valence-electron chi connectivity index (χ2n) is 13.9. The summed E-state index contributed by atoms with van der Waals surface area (Å²) in [5.41, 5.74) is 3.93. The van der Waals surface area contributed by atoms with Gasteiger partial charge in [-0.1, -0.05) is 38.1 Å². The van der Waals surface area contributed by atoms with Gasteiger partial charge in [0.2, 0.25) is 11.8 Å². The van der Waals surface area contributed by atoms with Gasteiger partial charge in [0, 0.05) is 37.2 Å². The number of amides is 4. The number of hydrogen-bond donors (Lipinski definition) is 1. The molecule has 266 valence electrons. The summed E-state index contributed by atoms with van der Waals surface area (Å²) in [4.78, 5) is 73.6. The first-order valence-corrected chi connectivity index (χ1v) is 17.4. The Morgan fingerprint density at radius 1 is 0.865 bits per heavy atom. The van der Waals surface area contributed by atoms with Crippen LogP contribution in [0.2, 0.25) is 0 Å². The lowest BCUT2D eigenvalue weighted by atomic mass is 9.78. The van der Waals surface area contributed by atoms with Crippen molar-refractivity contribution in [1.82, 2.24) is 20.2 Å². The number of carbonyl (C=O) groups is 5. The lowest BCUT2D eigenvalue weighted by Gasteiger charge is -2.28. The van der Waals surface area contributed by atoms with Crippen LogP contribution >= 0.6 is 0 Å². The number of carbonyl (C=O) groups excluding carboxylic acids is 5. The first kappa shape index (κ1) is 34.5. The molecule has 12 heteroatoms. The number of rotatable bonds is 11. The van der Waals surface area contributed by atoms with Crippen molar-refractivity contribution in [2.75, 3.05) is 18.1 Å². The molecule has 2 saturated heterocycles. The molecule has 2 fully saturated rings. The number of imide groups is 2. The molecule has 2 atom stereocenters. The second-order valence-corrected chi connectivity index (χ2v) is 13.9. The molecule has 0 radical (unpaired) electrons. The molecule has 0 bridgehead atoms. The summed E-state index contributed by atoms with van der Waals surface area (Å²) in [6.07, 6.45) is 3.62. The van der Waals surface area contributed by atoms with Gasteiger partial charge < -0.3 is 14.4 Å². The van der Waals surface area contributed by atoms with Crippen molar-refractivity contribution in [3.05, 3.63) is 113 Å². The van der Waals surface area contributed by atoms with Gasteiger partial charge in [0.15, 0.2) is 11.6 Å². The van der Waals surface area contributed by atoms with E-state index in [9.17, 15) is 24.0 Å². The number of benzene rings is 3. The molecular weight excluding hydrogens is 662 g/mol. The Hall–Kier alpha value is -5.91. The van der Waals surface area contributed by atoms with Crippen molar-refractivity contribution in [2.45, 2.75) is 70.6 Å². The van der Waals surface area contributed by atoms with Crippen LogP contribution in [0.5, 0.6) is 11.5 Å². The van der Waals surface area contributed by atoms with Gasteiger partial charge in [0.25, 0.3) is 11.8 Å². The van der Waals surface area contributed by atoms with Gasteiger partial charge in [-0.2, -0.15) is 0 Å². The fraction of sp³-hybridized carbons (Fsp3) is 0.325. The molecule has 3 aliphatic heterocycles. The van der Waals surface area contributed by atoms with Crippen LogP contribution < -0.4 is 19.7 Å². The quantitative estimate of drug-likeness (QED) is 0.167. The molecule has 0 saturated carbocycles. The minimum atomic E-state index is -0.995. The van der Waals surface area contributed by atoms with Gasteiger partial charge in [-0.15, -0.1) is 0 Å². The number of nitrogens with zero attached hydrogens (tertiary/aromatic N) is 4. The number of ether oxygens (including phenoxy) is 2. The Labute approximate surface area is 301 Å². The van der Waals surface area contributed by atoms with Crippen LogP contribution in [-0.2, 0) is 21.6 Å². The monoisotopic (exact) mass is 701 g/mol. The normalized spacial score (nSPS) is 18.8.